The first-order chi connectivity index (χ1) is 7.22. The van der Waals surface area contributed by atoms with E-state index in [-0.39, 0.29) is 0 Å². The van der Waals surface area contributed by atoms with Crippen molar-refractivity contribution < 1.29 is 0 Å². The number of nitrogens with zero attached hydrogens (tertiary/aromatic N) is 2. The van der Waals surface area contributed by atoms with Gasteiger partial charge in [0.1, 0.15) is 0 Å². The maximum atomic E-state index is 6.81. The molecule has 0 aliphatic rings. The van der Waals surface area contributed by atoms with Crippen LogP contribution in [0.4, 0.5) is 0 Å². The summed E-state index contributed by atoms with van der Waals surface area (Å²) in [6, 6.07) is 8.64. The van der Waals surface area contributed by atoms with Crippen LogP contribution in [0.1, 0.15) is 11.3 Å². The molecule has 0 aliphatic heterocycles. The van der Waals surface area contributed by atoms with E-state index in [1.54, 1.807) is 0 Å². The van der Waals surface area contributed by atoms with Crippen molar-refractivity contribution in [3.05, 3.63) is 46.9 Å². The highest BCUT2D eigenvalue weighted by Gasteiger charge is 2.06. The van der Waals surface area contributed by atoms with Gasteiger partial charge in [0.25, 0.3) is 0 Å². The smallest absolute Gasteiger partial charge is 0.220 e. The Labute approximate surface area is 90.0 Å². The van der Waals surface area contributed by atoms with Crippen molar-refractivity contribution >= 4 is 10.9 Å². The lowest BCUT2D eigenvalue weighted by molar-refractivity contribution is 0.854. The second kappa shape index (κ2) is 3.78. The summed E-state index contributed by atoms with van der Waals surface area (Å²) in [5.74, 6) is 0. The number of rotatable bonds is 2. The van der Waals surface area contributed by atoms with Crippen LogP contribution >= 0.6 is 0 Å². The molecule has 2 rings (SSSR count). The number of hydrogen-bond acceptors (Lipinski definition) is 0. The Balaban J connectivity index is 2.50. The first-order valence-electron chi connectivity index (χ1n) is 5.10. The van der Waals surface area contributed by atoms with Crippen LogP contribution in [-0.4, -0.2) is 11.1 Å². The minimum atomic E-state index is 0.573. The van der Waals surface area contributed by atoms with Crippen molar-refractivity contribution in [3.8, 4) is 0 Å². The summed E-state index contributed by atoms with van der Waals surface area (Å²) in [4.78, 5) is 3.40. The molecule has 1 aromatic heterocycles. The molecule has 2 aromatic rings. The van der Waals surface area contributed by atoms with Crippen LogP contribution in [0.15, 0.2) is 24.3 Å². The highest BCUT2D eigenvalue weighted by atomic mass is 14.9. The van der Waals surface area contributed by atoms with Crippen molar-refractivity contribution in [2.45, 2.75) is 13.3 Å². The standard InChI is InChI=1S/C13H14N2/c1-10-4-5-11-9-12(6-7-14-2)15(3)13(11)8-10/h4-5,8-9H,6-7H2,1,3H3. The number of aryl methyl sites for hydroxylation is 2. The summed E-state index contributed by atoms with van der Waals surface area (Å²) >= 11 is 0. The lowest BCUT2D eigenvalue weighted by Crippen LogP contribution is -1.97. The molecule has 0 saturated heterocycles. The second-order valence-corrected chi connectivity index (χ2v) is 3.89. The van der Waals surface area contributed by atoms with Gasteiger partial charge in [0.2, 0.25) is 6.54 Å². The Hall–Kier alpha value is -1.75. The highest BCUT2D eigenvalue weighted by molar-refractivity contribution is 5.82. The fourth-order valence-electron chi connectivity index (χ4n) is 1.91. The SMILES string of the molecule is [C-]#[N+]CCc1cc2ccc(C)cc2n1C. The summed E-state index contributed by atoms with van der Waals surface area (Å²) in [5.41, 5.74) is 3.78. The van der Waals surface area contributed by atoms with Gasteiger partial charge < -0.3 is 9.41 Å². The van der Waals surface area contributed by atoms with Gasteiger partial charge >= 0.3 is 0 Å². The van der Waals surface area contributed by atoms with E-state index in [9.17, 15) is 0 Å². The molecule has 0 amide bonds. The highest BCUT2D eigenvalue weighted by Crippen LogP contribution is 2.20. The Bertz CT molecular complexity index is 529. The van der Waals surface area contributed by atoms with Gasteiger partial charge in [-0.05, 0) is 30.0 Å². The normalized spacial score (nSPS) is 10.5. The van der Waals surface area contributed by atoms with Crippen LogP contribution in [-0.2, 0) is 13.5 Å². The quantitative estimate of drug-likeness (QED) is 0.656. The Morgan fingerprint density at radius 1 is 1.33 bits per heavy atom. The van der Waals surface area contributed by atoms with Crippen LogP contribution in [0.25, 0.3) is 15.7 Å². The number of fused-ring (bicyclic) bond motifs is 1. The predicted octanol–water partition coefficient (Wildman–Crippen LogP) is 2.95. The van der Waals surface area contributed by atoms with Crippen molar-refractivity contribution in [2.75, 3.05) is 6.54 Å². The zero-order valence-corrected chi connectivity index (χ0v) is 9.12. The third-order valence-electron chi connectivity index (χ3n) is 2.78. The summed E-state index contributed by atoms with van der Waals surface area (Å²) in [6.45, 7) is 9.48. The zero-order chi connectivity index (χ0) is 10.8. The lowest BCUT2D eigenvalue weighted by atomic mass is 10.2. The molecule has 2 heteroatoms. The minimum Gasteiger partial charge on any atom is -0.347 e. The monoisotopic (exact) mass is 198 g/mol. The van der Waals surface area contributed by atoms with Gasteiger partial charge in [-0.25, -0.2) is 6.57 Å². The molecule has 0 bridgehead atoms. The van der Waals surface area contributed by atoms with Gasteiger partial charge in [-0.1, -0.05) is 12.1 Å². The molecule has 0 radical (unpaired) electrons. The molecule has 76 valence electrons. The Morgan fingerprint density at radius 2 is 2.13 bits per heavy atom. The number of benzene rings is 1. The Kier molecular flexibility index (Phi) is 2.47. The van der Waals surface area contributed by atoms with Crippen molar-refractivity contribution in [1.82, 2.24) is 4.57 Å². The molecule has 0 fully saturated rings. The maximum absolute atomic E-state index is 6.81. The Morgan fingerprint density at radius 3 is 2.87 bits per heavy atom. The van der Waals surface area contributed by atoms with Gasteiger partial charge in [0.05, 0.1) is 6.42 Å². The molecule has 1 heterocycles. The first kappa shape index (κ1) is 9.79. The van der Waals surface area contributed by atoms with Crippen molar-refractivity contribution in [1.29, 1.82) is 0 Å². The number of aromatic nitrogens is 1. The molecule has 15 heavy (non-hydrogen) atoms. The van der Waals surface area contributed by atoms with Crippen LogP contribution in [0, 0.1) is 13.5 Å². The van der Waals surface area contributed by atoms with Crippen molar-refractivity contribution in [3.63, 3.8) is 0 Å². The van der Waals surface area contributed by atoms with Crippen LogP contribution in [0.3, 0.4) is 0 Å². The molecular weight excluding hydrogens is 184 g/mol. The molecule has 0 N–H and O–H groups in total. The van der Waals surface area contributed by atoms with Gasteiger partial charge in [0.15, 0.2) is 0 Å². The molecule has 0 unspecified atom stereocenters. The first-order valence-corrected chi connectivity index (χ1v) is 5.10. The fraction of sp³-hybridized carbons (Fsp3) is 0.308. The summed E-state index contributed by atoms with van der Waals surface area (Å²) in [5, 5.41) is 1.27. The average Bonchev–Trinajstić information content (AvgIpc) is 2.53. The van der Waals surface area contributed by atoms with Crippen LogP contribution < -0.4 is 0 Å². The summed E-state index contributed by atoms with van der Waals surface area (Å²) in [7, 11) is 2.07. The average molecular weight is 198 g/mol. The zero-order valence-electron chi connectivity index (χ0n) is 9.12. The van der Waals surface area contributed by atoms with Gasteiger partial charge in [0, 0.05) is 18.3 Å². The van der Waals surface area contributed by atoms with Crippen LogP contribution in [0.2, 0.25) is 0 Å². The second-order valence-electron chi connectivity index (χ2n) is 3.89. The minimum absolute atomic E-state index is 0.573. The summed E-state index contributed by atoms with van der Waals surface area (Å²) < 4.78 is 2.19. The van der Waals surface area contributed by atoms with Crippen LogP contribution in [0.5, 0.6) is 0 Å². The van der Waals surface area contributed by atoms with E-state index in [1.165, 1.54) is 22.2 Å². The van der Waals surface area contributed by atoms with Crippen molar-refractivity contribution in [2.24, 2.45) is 7.05 Å². The molecule has 0 spiro atoms. The predicted molar refractivity (Wildman–Crippen MR) is 62.8 cm³/mol. The maximum Gasteiger partial charge on any atom is 0.220 e. The van der Waals surface area contributed by atoms with E-state index in [0.717, 1.165) is 6.42 Å². The molecule has 0 aliphatic carbocycles. The molecule has 0 saturated carbocycles. The van der Waals surface area contributed by atoms with E-state index in [4.69, 9.17) is 6.57 Å². The molecule has 2 nitrogen and oxygen atoms in total. The van der Waals surface area contributed by atoms with E-state index in [1.807, 2.05) is 0 Å². The molecule has 1 aromatic carbocycles. The fourth-order valence-corrected chi connectivity index (χ4v) is 1.91. The van der Waals surface area contributed by atoms with Gasteiger partial charge in [-0.2, -0.15) is 0 Å². The van der Waals surface area contributed by atoms with Gasteiger partial charge in [-0.3, -0.25) is 0 Å². The van der Waals surface area contributed by atoms with E-state index in [0.29, 0.717) is 6.54 Å². The van der Waals surface area contributed by atoms with E-state index >= 15 is 0 Å². The molecular formula is C13H14N2. The third-order valence-corrected chi connectivity index (χ3v) is 2.78. The van der Waals surface area contributed by atoms with E-state index < -0.39 is 0 Å². The van der Waals surface area contributed by atoms with Gasteiger partial charge in [-0.15, -0.1) is 0 Å². The molecule has 0 atom stereocenters. The topological polar surface area (TPSA) is 9.29 Å². The lowest BCUT2D eigenvalue weighted by Gasteiger charge is -2.01. The number of hydrogen-bond donors (Lipinski definition) is 0. The van der Waals surface area contributed by atoms with E-state index in [2.05, 4.69) is 47.6 Å². The largest absolute Gasteiger partial charge is 0.347 e. The third kappa shape index (κ3) is 1.73. The summed E-state index contributed by atoms with van der Waals surface area (Å²) in [6.07, 6.45) is 0.841.